The molecule has 2 aromatic rings. The monoisotopic (exact) mass is 558 g/mol. The van der Waals surface area contributed by atoms with Gasteiger partial charge in [0.1, 0.15) is 12.1 Å². The summed E-state index contributed by atoms with van der Waals surface area (Å²) in [7, 11) is 0. The molecule has 2 heterocycles. The molecule has 4 rings (SSSR count). The second-order valence-corrected chi connectivity index (χ2v) is 12.7. The number of carbonyl (C=O) groups excluding carboxylic acids is 3. The van der Waals surface area contributed by atoms with Gasteiger partial charge in [-0.25, -0.2) is 9.37 Å². The van der Waals surface area contributed by atoms with E-state index in [4.69, 9.17) is 0 Å². The highest BCUT2D eigenvalue weighted by Crippen LogP contribution is 2.40. The summed E-state index contributed by atoms with van der Waals surface area (Å²) in [5.74, 6) is -1.64. The van der Waals surface area contributed by atoms with E-state index in [9.17, 15) is 23.9 Å². The Kier molecular flexibility index (Phi) is 8.47. The molecule has 1 saturated heterocycles. The molecule has 1 aromatic heterocycles. The molecule has 0 bridgehead atoms. The van der Waals surface area contributed by atoms with E-state index in [-0.39, 0.29) is 37.8 Å². The van der Waals surface area contributed by atoms with Gasteiger partial charge in [-0.15, -0.1) is 11.3 Å². The fourth-order valence-corrected chi connectivity index (χ4v) is 5.85. The van der Waals surface area contributed by atoms with Crippen LogP contribution < -0.4 is 10.6 Å². The lowest BCUT2D eigenvalue weighted by atomic mass is 9.85. The van der Waals surface area contributed by atoms with Crippen molar-refractivity contribution in [1.82, 2.24) is 20.5 Å². The summed E-state index contributed by atoms with van der Waals surface area (Å²) in [5.41, 5.74) is 2.15. The number of aliphatic hydroxyl groups is 1. The standard InChI is InChI=1S/C29H39FN4O4S/c1-6-7-21(18-8-10-19(11-9-18)23-17(2)31-16-39-23)32-25(36)22-14-20(35)15-34(22)26(37)24(28(3,4)5)33-27(38)29(30)12-13-29/h8-11,16,20-22,24,35H,6-7,12-15H2,1-5H3,(H,32,36)(H,33,38)/t20-,21+,22?,24-/m1/s1. The number of halogens is 1. The van der Waals surface area contributed by atoms with Crippen LogP contribution in [0.4, 0.5) is 4.39 Å². The van der Waals surface area contributed by atoms with Crippen molar-refractivity contribution in [3.63, 3.8) is 0 Å². The van der Waals surface area contributed by atoms with Gasteiger partial charge in [-0.05, 0) is 42.7 Å². The number of hydrogen-bond acceptors (Lipinski definition) is 6. The van der Waals surface area contributed by atoms with Crippen LogP contribution in [-0.2, 0) is 14.4 Å². The first-order valence-electron chi connectivity index (χ1n) is 13.6. The van der Waals surface area contributed by atoms with Gasteiger partial charge in [0, 0.05) is 13.0 Å². The number of nitrogens with zero attached hydrogens (tertiary/aromatic N) is 2. The lowest BCUT2D eigenvalue weighted by Crippen LogP contribution is -2.59. The number of hydrogen-bond donors (Lipinski definition) is 3. The minimum Gasteiger partial charge on any atom is -0.391 e. The minimum atomic E-state index is -1.92. The topological polar surface area (TPSA) is 112 Å². The van der Waals surface area contributed by atoms with Gasteiger partial charge in [-0.1, -0.05) is 58.4 Å². The Morgan fingerprint density at radius 2 is 1.87 bits per heavy atom. The second kappa shape index (κ2) is 11.3. The Hall–Kier alpha value is -2.85. The molecule has 1 aliphatic heterocycles. The van der Waals surface area contributed by atoms with Gasteiger partial charge in [0.2, 0.25) is 11.8 Å². The maximum atomic E-state index is 14.4. The number of nitrogens with one attached hydrogen (secondary N) is 2. The molecule has 3 amide bonds. The smallest absolute Gasteiger partial charge is 0.258 e. The van der Waals surface area contributed by atoms with Crippen molar-refractivity contribution < 1.29 is 23.9 Å². The van der Waals surface area contributed by atoms with Gasteiger partial charge in [-0.3, -0.25) is 14.4 Å². The summed E-state index contributed by atoms with van der Waals surface area (Å²) >= 11 is 1.58. The van der Waals surface area contributed by atoms with Crippen LogP contribution >= 0.6 is 11.3 Å². The van der Waals surface area contributed by atoms with Gasteiger partial charge in [0.05, 0.1) is 28.2 Å². The fourth-order valence-electron chi connectivity index (χ4n) is 5.04. The first kappa shape index (κ1) is 29.1. The van der Waals surface area contributed by atoms with Crippen LogP contribution in [0.15, 0.2) is 29.8 Å². The van der Waals surface area contributed by atoms with Crippen molar-refractivity contribution in [1.29, 1.82) is 0 Å². The average Bonchev–Trinajstić information content (AvgIpc) is 3.29. The third-order valence-electron chi connectivity index (χ3n) is 7.56. The number of rotatable bonds is 9. The van der Waals surface area contributed by atoms with E-state index in [0.717, 1.165) is 28.1 Å². The summed E-state index contributed by atoms with van der Waals surface area (Å²) < 4.78 is 14.4. The zero-order valence-electron chi connectivity index (χ0n) is 23.3. The van der Waals surface area contributed by atoms with Crippen molar-refractivity contribution in [2.75, 3.05) is 6.54 Å². The molecule has 2 fully saturated rings. The number of aliphatic hydroxyl groups excluding tert-OH is 1. The lowest BCUT2D eigenvalue weighted by Gasteiger charge is -2.36. The summed E-state index contributed by atoms with van der Waals surface area (Å²) in [6, 6.07) is 5.84. The Balaban J connectivity index is 1.50. The molecule has 0 radical (unpaired) electrons. The van der Waals surface area contributed by atoms with Crippen molar-refractivity contribution in [2.24, 2.45) is 5.41 Å². The molecule has 1 aliphatic carbocycles. The molecule has 0 spiro atoms. The number of aromatic nitrogens is 1. The summed E-state index contributed by atoms with van der Waals surface area (Å²) in [6.45, 7) is 9.33. The molecular weight excluding hydrogens is 519 g/mol. The van der Waals surface area contributed by atoms with Crippen LogP contribution in [0.25, 0.3) is 10.4 Å². The first-order chi connectivity index (χ1) is 18.3. The maximum absolute atomic E-state index is 14.4. The number of carbonyl (C=O) groups is 3. The number of likely N-dealkylation sites (tertiary alicyclic amines) is 1. The average molecular weight is 559 g/mol. The molecule has 1 saturated carbocycles. The lowest BCUT2D eigenvalue weighted by molar-refractivity contribution is -0.145. The third kappa shape index (κ3) is 6.49. The van der Waals surface area contributed by atoms with E-state index >= 15 is 0 Å². The van der Waals surface area contributed by atoms with Gasteiger partial charge in [-0.2, -0.15) is 0 Å². The number of β-amino-alcohol motifs (C(OH)–C–C–N with tert-alkyl or cyclic N) is 1. The summed E-state index contributed by atoms with van der Waals surface area (Å²) in [6.07, 6.45) is 1.04. The highest BCUT2D eigenvalue weighted by molar-refractivity contribution is 7.13. The number of alkyl halides is 1. The van der Waals surface area contributed by atoms with E-state index in [0.29, 0.717) is 6.42 Å². The zero-order chi connectivity index (χ0) is 28.5. The number of aryl methyl sites for hydroxylation is 1. The maximum Gasteiger partial charge on any atom is 0.258 e. The Bertz CT molecular complexity index is 1200. The highest BCUT2D eigenvalue weighted by atomic mass is 32.1. The van der Waals surface area contributed by atoms with E-state index in [1.54, 1.807) is 32.1 Å². The van der Waals surface area contributed by atoms with Crippen molar-refractivity contribution in [2.45, 2.75) is 96.6 Å². The van der Waals surface area contributed by atoms with Crippen LogP contribution in [0.1, 0.15) is 77.1 Å². The van der Waals surface area contributed by atoms with E-state index in [1.807, 2.05) is 43.6 Å². The molecule has 4 atom stereocenters. The molecule has 2 aliphatic rings. The SMILES string of the molecule is CCC[C@H](NC(=O)C1C[C@@H](O)CN1C(=O)[C@@H](NC(=O)C1(F)CC1)C(C)(C)C)c1ccc(-c2scnc2C)cc1. The number of thiazole rings is 1. The van der Waals surface area contributed by atoms with Crippen LogP contribution in [-0.4, -0.2) is 63.1 Å². The van der Waals surface area contributed by atoms with Crippen LogP contribution in [0.3, 0.4) is 0 Å². The number of benzene rings is 1. The van der Waals surface area contributed by atoms with Gasteiger partial charge in [0.15, 0.2) is 5.67 Å². The van der Waals surface area contributed by atoms with Crippen molar-refractivity contribution in [3.8, 4) is 10.4 Å². The largest absolute Gasteiger partial charge is 0.391 e. The van der Waals surface area contributed by atoms with Crippen molar-refractivity contribution >= 4 is 29.1 Å². The zero-order valence-corrected chi connectivity index (χ0v) is 24.1. The second-order valence-electron chi connectivity index (χ2n) is 11.9. The summed E-state index contributed by atoms with van der Waals surface area (Å²) in [5, 5.41) is 16.1. The Labute approximate surface area is 233 Å². The van der Waals surface area contributed by atoms with E-state index < -0.39 is 41.1 Å². The van der Waals surface area contributed by atoms with Crippen molar-refractivity contribution in [3.05, 3.63) is 41.0 Å². The minimum absolute atomic E-state index is 0.0263. The van der Waals surface area contributed by atoms with Crippen LogP contribution in [0.5, 0.6) is 0 Å². The Morgan fingerprint density at radius 3 is 2.41 bits per heavy atom. The predicted molar refractivity (Wildman–Crippen MR) is 149 cm³/mol. The molecular formula is C29H39FN4O4S. The fraction of sp³-hybridized carbons (Fsp3) is 0.586. The van der Waals surface area contributed by atoms with Crippen LogP contribution in [0.2, 0.25) is 0 Å². The third-order valence-corrected chi connectivity index (χ3v) is 8.54. The molecule has 212 valence electrons. The van der Waals surface area contributed by atoms with E-state index in [1.165, 1.54) is 4.90 Å². The Morgan fingerprint density at radius 1 is 1.21 bits per heavy atom. The number of amides is 3. The van der Waals surface area contributed by atoms with Gasteiger partial charge in [0.25, 0.3) is 5.91 Å². The molecule has 8 nitrogen and oxygen atoms in total. The molecule has 1 aromatic carbocycles. The van der Waals surface area contributed by atoms with Gasteiger partial charge < -0.3 is 20.6 Å². The first-order valence-corrected chi connectivity index (χ1v) is 14.5. The highest BCUT2D eigenvalue weighted by Gasteiger charge is 2.53. The quantitative estimate of drug-likeness (QED) is 0.430. The molecule has 3 N–H and O–H groups in total. The summed E-state index contributed by atoms with van der Waals surface area (Å²) in [4.78, 5) is 46.5. The van der Waals surface area contributed by atoms with Gasteiger partial charge >= 0.3 is 0 Å². The predicted octanol–water partition coefficient (Wildman–Crippen LogP) is 4.07. The molecule has 10 heteroatoms. The van der Waals surface area contributed by atoms with E-state index in [2.05, 4.69) is 15.6 Å². The molecule has 39 heavy (non-hydrogen) atoms. The van der Waals surface area contributed by atoms with Crippen LogP contribution in [0, 0.1) is 12.3 Å². The molecule has 1 unspecified atom stereocenters. The normalized spacial score (nSPS) is 21.8.